The van der Waals surface area contributed by atoms with E-state index in [0.29, 0.717) is 23.5 Å². The second-order valence-electron chi connectivity index (χ2n) is 5.85. The summed E-state index contributed by atoms with van der Waals surface area (Å²) in [6, 6.07) is 12.5. The highest BCUT2D eigenvalue weighted by Crippen LogP contribution is 2.26. The summed E-state index contributed by atoms with van der Waals surface area (Å²) in [6.45, 7) is 0.695. The van der Waals surface area contributed by atoms with Crippen LogP contribution in [0.3, 0.4) is 0 Å². The van der Waals surface area contributed by atoms with Crippen molar-refractivity contribution in [2.45, 2.75) is 25.7 Å². The number of aryl methyl sites for hydroxylation is 1. The van der Waals surface area contributed by atoms with Crippen molar-refractivity contribution in [3.63, 3.8) is 0 Å². The summed E-state index contributed by atoms with van der Waals surface area (Å²) in [7, 11) is 1.58. The first-order valence-corrected chi connectivity index (χ1v) is 8.13. The van der Waals surface area contributed by atoms with Crippen molar-refractivity contribution >= 4 is 11.6 Å². The molecule has 2 aromatic rings. The van der Waals surface area contributed by atoms with Crippen molar-refractivity contribution in [1.29, 1.82) is 0 Å². The van der Waals surface area contributed by atoms with Crippen LogP contribution in [0.4, 0.5) is 0 Å². The van der Waals surface area contributed by atoms with E-state index < -0.39 is 0 Å². The maximum absolute atomic E-state index is 12.3. The minimum Gasteiger partial charge on any atom is -0.497 e. The number of carbonyl (C=O) groups is 2. The van der Waals surface area contributed by atoms with Gasteiger partial charge < -0.3 is 9.47 Å². The lowest BCUT2D eigenvalue weighted by Crippen LogP contribution is -2.10. The Morgan fingerprint density at radius 1 is 1.00 bits per heavy atom. The third-order valence-corrected chi connectivity index (χ3v) is 4.23. The number of Topliss-reactive ketones (excluding diaryl/α,β-unsaturated/α-hetero) is 2. The standard InChI is InChI=1S/C20H20O4/c1-23-17-8-6-14(7-9-17)18(21)10-11-19(22)16-5-4-15-3-2-12-24-20(15)13-16/h4-9,13H,2-3,10-12H2,1H3. The van der Waals surface area contributed by atoms with Gasteiger partial charge in [-0.3, -0.25) is 9.59 Å². The number of hydrogen-bond acceptors (Lipinski definition) is 4. The number of rotatable bonds is 6. The molecule has 1 aliphatic rings. The Balaban J connectivity index is 1.61. The molecule has 0 saturated heterocycles. The van der Waals surface area contributed by atoms with Crippen LogP contribution >= 0.6 is 0 Å². The molecule has 0 aliphatic carbocycles. The van der Waals surface area contributed by atoms with Crippen molar-refractivity contribution in [2.75, 3.05) is 13.7 Å². The van der Waals surface area contributed by atoms with Crippen LogP contribution in [0.15, 0.2) is 42.5 Å². The van der Waals surface area contributed by atoms with Crippen LogP contribution in [0.2, 0.25) is 0 Å². The zero-order valence-corrected chi connectivity index (χ0v) is 13.7. The monoisotopic (exact) mass is 324 g/mol. The molecule has 0 N–H and O–H groups in total. The van der Waals surface area contributed by atoms with E-state index in [1.54, 1.807) is 37.4 Å². The first kappa shape index (κ1) is 16.2. The second kappa shape index (κ2) is 7.30. The number of hydrogen-bond donors (Lipinski definition) is 0. The molecule has 3 rings (SSSR count). The van der Waals surface area contributed by atoms with E-state index in [2.05, 4.69) is 0 Å². The Hall–Kier alpha value is -2.62. The van der Waals surface area contributed by atoms with Gasteiger partial charge in [-0.25, -0.2) is 0 Å². The number of ether oxygens (including phenoxy) is 2. The van der Waals surface area contributed by atoms with Gasteiger partial charge in [-0.15, -0.1) is 0 Å². The molecular weight excluding hydrogens is 304 g/mol. The van der Waals surface area contributed by atoms with E-state index in [1.807, 2.05) is 12.1 Å². The molecule has 4 heteroatoms. The van der Waals surface area contributed by atoms with Gasteiger partial charge in [0.25, 0.3) is 0 Å². The molecular formula is C20H20O4. The van der Waals surface area contributed by atoms with Gasteiger partial charge in [0.2, 0.25) is 0 Å². The minimum atomic E-state index is -0.0415. The van der Waals surface area contributed by atoms with Crippen LogP contribution in [-0.2, 0) is 6.42 Å². The fraction of sp³-hybridized carbons (Fsp3) is 0.300. The maximum atomic E-state index is 12.3. The van der Waals surface area contributed by atoms with Crippen LogP contribution < -0.4 is 9.47 Å². The summed E-state index contributed by atoms with van der Waals surface area (Å²) >= 11 is 0. The molecule has 124 valence electrons. The number of ketones is 2. The summed E-state index contributed by atoms with van der Waals surface area (Å²) in [5.74, 6) is 1.43. The smallest absolute Gasteiger partial charge is 0.163 e. The normalized spacial score (nSPS) is 12.9. The molecule has 4 nitrogen and oxygen atoms in total. The van der Waals surface area contributed by atoms with Crippen LogP contribution in [0.25, 0.3) is 0 Å². The summed E-state index contributed by atoms with van der Waals surface area (Å²) in [5.41, 5.74) is 2.35. The van der Waals surface area contributed by atoms with Crippen LogP contribution in [-0.4, -0.2) is 25.3 Å². The molecule has 0 saturated carbocycles. The van der Waals surface area contributed by atoms with Gasteiger partial charge in [0.15, 0.2) is 11.6 Å². The first-order valence-electron chi connectivity index (χ1n) is 8.13. The van der Waals surface area contributed by atoms with Crippen molar-refractivity contribution in [1.82, 2.24) is 0 Å². The van der Waals surface area contributed by atoms with E-state index >= 15 is 0 Å². The lowest BCUT2D eigenvalue weighted by molar-refractivity contribution is 0.0917. The average Bonchev–Trinajstić information content (AvgIpc) is 2.65. The lowest BCUT2D eigenvalue weighted by atomic mass is 9.98. The first-order chi connectivity index (χ1) is 11.7. The number of methoxy groups -OCH3 is 1. The van der Waals surface area contributed by atoms with Gasteiger partial charge in [-0.2, -0.15) is 0 Å². The maximum Gasteiger partial charge on any atom is 0.163 e. The predicted octanol–water partition coefficient (Wildman–Crippen LogP) is 3.87. The van der Waals surface area contributed by atoms with E-state index in [1.165, 1.54) is 0 Å². The Labute approximate surface area is 141 Å². The summed E-state index contributed by atoms with van der Waals surface area (Å²) in [4.78, 5) is 24.5. The number of fused-ring (bicyclic) bond motifs is 1. The molecule has 2 aromatic carbocycles. The average molecular weight is 324 g/mol. The Morgan fingerprint density at radius 2 is 1.67 bits per heavy atom. The van der Waals surface area contributed by atoms with E-state index in [-0.39, 0.29) is 24.4 Å². The lowest BCUT2D eigenvalue weighted by Gasteiger charge is -2.17. The summed E-state index contributed by atoms with van der Waals surface area (Å²) in [6.07, 6.45) is 2.39. The molecule has 1 aliphatic heterocycles. The van der Waals surface area contributed by atoms with Crippen LogP contribution in [0.5, 0.6) is 11.5 Å². The highest BCUT2D eigenvalue weighted by Gasteiger charge is 2.15. The highest BCUT2D eigenvalue weighted by atomic mass is 16.5. The van der Waals surface area contributed by atoms with E-state index in [0.717, 1.165) is 24.2 Å². The zero-order chi connectivity index (χ0) is 16.9. The molecule has 0 unspecified atom stereocenters. The van der Waals surface area contributed by atoms with Crippen molar-refractivity contribution in [3.8, 4) is 11.5 Å². The van der Waals surface area contributed by atoms with Crippen molar-refractivity contribution < 1.29 is 19.1 Å². The van der Waals surface area contributed by atoms with Crippen molar-refractivity contribution in [3.05, 3.63) is 59.2 Å². The zero-order valence-electron chi connectivity index (χ0n) is 13.7. The van der Waals surface area contributed by atoms with Gasteiger partial charge in [0.05, 0.1) is 13.7 Å². The summed E-state index contributed by atoms with van der Waals surface area (Å²) < 4.78 is 10.7. The minimum absolute atomic E-state index is 0.0335. The Kier molecular flexibility index (Phi) is 4.94. The number of benzene rings is 2. The highest BCUT2D eigenvalue weighted by molar-refractivity contribution is 6.02. The topological polar surface area (TPSA) is 52.6 Å². The van der Waals surface area contributed by atoms with E-state index in [4.69, 9.17) is 9.47 Å². The molecule has 0 spiro atoms. The SMILES string of the molecule is COc1ccc(C(=O)CCC(=O)c2ccc3c(c2)OCCC3)cc1. The Bertz CT molecular complexity index is 747. The Morgan fingerprint density at radius 3 is 2.38 bits per heavy atom. The molecule has 24 heavy (non-hydrogen) atoms. The third-order valence-electron chi connectivity index (χ3n) is 4.23. The van der Waals surface area contributed by atoms with Crippen LogP contribution in [0.1, 0.15) is 45.5 Å². The van der Waals surface area contributed by atoms with Gasteiger partial charge >= 0.3 is 0 Å². The second-order valence-corrected chi connectivity index (χ2v) is 5.85. The fourth-order valence-corrected chi connectivity index (χ4v) is 2.81. The molecule has 0 fully saturated rings. The fourth-order valence-electron chi connectivity index (χ4n) is 2.81. The molecule has 0 amide bonds. The molecule has 0 atom stereocenters. The van der Waals surface area contributed by atoms with Gasteiger partial charge in [0, 0.05) is 24.0 Å². The molecule has 0 bridgehead atoms. The van der Waals surface area contributed by atoms with Crippen LogP contribution in [0, 0.1) is 0 Å². The quantitative estimate of drug-likeness (QED) is 0.757. The van der Waals surface area contributed by atoms with Crippen molar-refractivity contribution in [2.24, 2.45) is 0 Å². The van der Waals surface area contributed by atoms with E-state index in [9.17, 15) is 9.59 Å². The molecule has 1 heterocycles. The number of carbonyl (C=O) groups excluding carboxylic acids is 2. The van der Waals surface area contributed by atoms with Gasteiger partial charge in [-0.1, -0.05) is 12.1 Å². The molecule has 0 radical (unpaired) electrons. The third kappa shape index (κ3) is 3.65. The molecule has 0 aromatic heterocycles. The largest absolute Gasteiger partial charge is 0.497 e. The van der Waals surface area contributed by atoms with Gasteiger partial charge in [-0.05, 0) is 48.7 Å². The predicted molar refractivity (Wildman–Crippen MR) is 91.1 cm³/mol. The summed E-state index contributed by atoms with van der Waals surface area (Å²) in [5, 5.41) is 0. The van der Waals surface area contributed by atoms with Gasteiger partial charge in [0.1, 0.15) is 11.5 Å².